The molecular formula is C40H66N2O11. The Balaban J connectivity index is 2.16. The van der Waals surface area contributed by atoms with Crippen LogP contribution in [0.1, 0.15) is 85.8 Å². The second kappa shape index (κ2) is 18.8. The van der Waals surface area contributed by atoms with E-state index >= 15 is 0 Å². The standard InChI is InChI=1S/C40H66N2O11/c1-14-30-40(9,47)35(48-12)25(5)31(43)23(3)20-39(8,49-13)34(53-37-32(44)29(42(10)11)19-24(4)50-37)26(6)33(27(7)36(45)51-30)52-38(46)41-21-28-17-15-22(2)16-18-28/h15-18,23-27,29-30,32-35,37,44,47H,14,19-21H2,1-13H3,(H,41,46)/t23-,24-,25+,26+,27-,29+,30-,32-,33+,34-,35-,37+,39-,40-/m1/s1. The van der Waals surface area contributed by atoms with Gasteiger partial charge in [-0.25, -0.2) is 4.79 Å². The van der Waals surface area contributed by atoms with Gasteiger partial charge in [-0.2, -0.15) is 0 Å². The number of Topliss-reactive ketones (excluding diaryl/α,β-unsaturated/α-hetero) is 1. The molecule has 2 heterocycles. The number of hydrogen-bond donors (Lipinski definition) is 3. The van der Waals surface area contributed by atoms with Gasteiger partial charge in [0.15, 0.2) is 6.29 Å². The van der Waals surface area contributed by atoms with Gasteiger partial charge in [-0.15, -0.1) is 0 Å². The first kappa shape index (κ1) is 44.7. The third kappa shape index (κ3) is 10.6. The molecule has 0 bridgehead atoms. The Morgan fingerprint density at radius 3 is 2.19 bits per heavy atom. The summed E-state index contributed by atoms with van der Waals surface area (Å²) in [6.45, 7) is 16.0. The molecule has 13 heteroatoms. The van der Waals surface area contributed by atoms with Gasteiger partial charge in [0.05, 0.1) is 29.8 Å². The molecule has 2 saturated heterocycles. The number of ketones is 1. The smallest absolute Gasteiger partial charge is 0.407 e. The first-order valence-electron chi connectivity index (χ1n) is 18.9. The number of carbonyl (C=O) groups is 3. The third-order valence-corrected chi connectivity index (χ3v) is 11.5. The van der Waals surface area contributed by atoms with Gasteiger partial charge in [0, 0.05) is 44.6 Å². The molecule has 0 unspecified atom stereocenters. The summed E-state index contributed by atoms with van der Waals surface area (Å²) in [6, 6.07) is 7.40. The lowest BCUT2D eigenvalue weighted by atomic mass is 9.73. The van der Waals surface area contributed by atoms with Crippen molar-refractivity contribution in [1.29, 1.82) is 0 Å². The van der Waals surface area contributed by atoms with E-state index in [9.17, 15) is 24.6 Å². The molecule has 13 nitrogen and oxygen atoms in total. The number of carbonyl (C=O) groups excluding carboxylic acids is 3. The van der Waals surface area contributed by atoms with E-state index in [2.05, 4.69) is 5.32 Å². The summed E-state index contributed by atoms with van der Waals surface area (Å²) in [6.07, 6.45) is -6.55. The summed E-state index contributed by atoms with van der Waals surface area (Å²) >= 11 is 0. The number of likely N-dealkylation sites (N-methyl/N-ethyl adjacent to an activating group) is 1. The molecule has 0 saturated carbocycles. The van der Waals surface area contributed by atoms with Gasteiger partial charge >= 0.3 is 12.1 Å². The molecule has 1 aromatic rings. The maximum absolute atomic E-state index is 14.2. The lowest BCUT2D eigenvalue weighted by molar-refractivity contribution is -0.301. The Morgan fingerprint density at radius 1 is 1.02 bits per heavy atom. The highest BCUT2D eigenvalue weighted by atomic mass is 16.7. The SMILES string of the molecule is CC[C@H]1OC(=O)[C@H](C)[C@@H](OC(=O)NCc2ccc(C)cc2)[C@H](C)[C@@H](O[C@@H]2O[C@H](C)C[C@H](N(C)C)[C@H]2O)[C@](C)(OC)C[C@@H](C)C(=O)[C@H](C)[C@@H](OC)[C@]1(C)O. The molecule has 302 valence electrons. The monoisotopic (exact) mass is 750 g/mol. The minimum atomic E-state index is -1.75. The number of nitrogens with one attached hydrogen (secondary N) is 1. The minimum Gasteiger partial charge on any atom is -0.459 e. The van der Waals surface area contributed by atoms with Crippen molar-refractivity contribution in [1.82, 2.24) is 10.2 Å². The fraction of sp³-hybridized carbons (Fsp3) is 0.775. The molecular weight excluding hydrogens is 684 g/mol. The van der Waals surface area contributed by atoms with Crippen molar-refractivity contribution in [2.24, 2.45) is 23.7 Å². The third-order valence-electron chi connectivity index (χ3n) is 11.5. The van der Waals surface area contributed by atoms with E-state index in [1.54, 1.807) is 41.5 Å². The Bertz CT molecular complexity index is 1360. The summed E-state index contributed by atoms with van der Waals surface area (Å²) in [5.74, 6) is -4.22. The molecule has 0 aliphatic carbocycles. The molecule has 0 radical (unpaired) electrons. The predicted molar refractivity (Wildman–Crippen MR) is 199 cm³/mol. The van der Waals surface area contributed by atoms with Crippen molar-refractivity contribution in [3.8, 4) is 0 Å². The number of methoxy groups -OCH3 is 2. The highest BCUT2D eigenvalue weighted by Crippen LogP contribution is 2.40. The number of ether oxygens (including phenoxy) is 6. The van der Waals surface area contributed by atoms with Gasteiger partial charge in [0.2, 0.25) is 0 Å². The van der Waals surface area contributed by atoms with Gasteiger partial charge < -0.3 is 48.9 Å². The van der Waals surface area contributed by atoms with Crippen LogP contribution in [0.25, 0.3) is 0 Å². The number of hydrogen-bond acceptors (Lipinski definition) is 12. The summed E-state index contributed by atoms with van der Waals surface area (Å²) in [7, 11) is 6.67. The second-order valence-corrected chi connectivity index (χ2v) is 16.0. The van der Waals surface area contributed by atoms with Crippen molar-refractivity contribution in [2.75, 3.05) is 28.3 Å². The Kier molecular flexibility index (Phi) is 15.9. The number of benzene rings is 1. The largest absolute Gasteiger partial charge is 0.459 e. The average molecular weight is 751 g/mol. The van der Waals surface area contributed by atoms with E-state index in [0.717, 1.165) is 11.1 Å². The Labute approximate surface area is 316 Å². The average Bonchev–Trinajstić information content (AvgIpc) is 3.10. The molecule has 1 aromatic carbocycles. The molecule has 53 heavy (non-hydrogen) atoms. The van der Waals surface area contributed by atoms with Crippen LogP contribution in [0.3, 0.4) is 0 Å². The lowest BCUT2D eigenvalue weighted by Crippen LogP contribution is -2.61. The molecule has 2 aliphatic rings. The van der Waals surface area contributed by atoms with Gasteiger partial charge in [0.25, 0.3) is 0 Å². The number of rotatable bonds is 9. The van der Waals surface area contributed by atoms with Crippen molar-refractivity contribution in [2.45, 2.75) is 148 Å². The van der Waals surface area contributed by atoms with Crippen LogP contribution in [0.15, 0.2) is 24.3 Å². The van der Waals surface area contributed by atoms with Crippen molar-refractivity contribution in [3.05, 3.63) is 35.4 Å². The molecule has 1 amide bonds. The van der Waals surface area contributed by atoms with E-state index in [-0.39, 0.29) is 37.3 Å². The molecule has 14 atom stereocenters. The molecule has 2 aliphatic heterocycles. The number of esters is 1. The fourth-order valence-electron chi connectivity index (χ4n) is 8.26. The number of aliphatic hydroxyl groups excluding tert-OH is 1. The topological polar surface area (TPSA) is 162 Å². The fourth-order valence-corrected chi connectivity index (χ4v) is 8.26. The van der Waals surface area contributed by atoms with Crippen LogP contribution < -0.4 is 5.32 Å². The second-order valence-electron chi connectivity index (χ2n) is 16.0. The Hall–Kier alpha value is -2.65. The molecule has 2 fully saturated rings. The summed E-state index contributed by atoms with van der Waals surface area (Å²) < 4.78 is 37.1. The van der Waals surface area contributed by atoms with Crippen LogP contribution in [0, 0.1) is 30.6 Å². The van der Waals surface area contributed by atoms with E-state index in [1.807, 2.05) is 57.1 Å². The zero-order chi connectivity index (χ0) is 40.0. The maximum Gasteiger partial charge on any atom is 0.407 e. The lowest BCUT2D eigenvalue weighted by Gasteiger charge is -2.48. The Morgan fingerprint density at radius 2 is 1.64 bits per heavy atom. The van der Waals surface area contributed by atoms with Crippen LogP contribution >= 0.6 is 0 Å². The molecule has 3 N–H and O–H groups in total. The number of cyclic esters (lactones) is 1. The van der Waals surface area contributed by atoms with Crippen LogP contribution in [0.4, 0.5) is 4.79 Å². The summed E-state index contributed by atoms with van der Waals surface area (Å²) in [5.41, 5.74) is -1.07. The van der Waals surface area contributed by atoms with E-state index in [1.165, 1.54) is 21.1 Å². The normalized spacial score (nSPS) is 39.2. The zero-order valence-electron chi connectivity index (χ0n) is 34.1. The maximum atomic E-state index is 14.2. The first-order chi connectivity index (χ1) is 24.7. The van der Waals surface area contributed by atoms with Crippen LogP contribution in [0.2, 0.25) is 0 Å². The number of aliphatic hydroxyl groups is 2. The van der Waals surface area contributed by atoms with Gasteiger partial charge in [0.1, 0.15) is 29.7 Å². The first-order valence-corrected chi connectivity index (χ1v) is 18.9. The van der Waals surface area contributed by atoms with E-state index < -0.39 is 83.7 Å². The molecule has 0 spiro atoms. The zero-order valence-corrected chi connectivity index (χ0v) is 34.1. The number of alkyl carbamates (subject to hydrolysis) is 1. The quantitative estimate of drug-likeness (QED) is 0.306. The van der Waals surface area contributed by atoms with E-state index in [0.29, 0.717) is 6.42 Å². The summed E-state index contributed by atoms with van der Waals surface area (Å²) in [4.78, 5) is 43.8. The number of nitrogens with zero attached hydrogens (tertiary/aromatic N) is 1. The molecule has 0 aromatic heterocycles. The van der Waals surface area contributed by atoms with Crippen molar-refractivity contribution < 1.29 is 53.0 Å². The molecule has 3 rings (SSSR count). The number of aryl methyl sites for hydroxylation is 1. The van der Waals surface area contributed by atoms with Crippen LogP contribution in [-0.4, -0.2) is 121 Å². The van der Waals surface area contributed by atoms with E-state index in [4.69, 9.17) is 28.4 Å². The van der Waals surface area contributed by atoms with Crippen LogP contribution in [-0.2, 0) is 44.6 Å². The van der Waals surface area contributed by atoms with Gasteiger partial charge in [-0.05, 0) is 73.5 Å². The minimum absolute atomic E-state index is 0.137. The number of amides is 1. The predicted octanol–water partition coefficient (Wildman–Crippen LogP) is 4.41. The highest BCUT2D eigenvalue weighted by Gasteiger charge is 2.53. The highest BCUT2D eigenvalue weighted by molar-refractivity contribution is 5.83. The summed E-state index contributed by atoms with van der Waals surface area (Å²) in [5, 5.41) is 26.2. The van der Waals surface area contributed by atoms with Crippen LogP contribution in [0.5, 0.6) is 0 Å². The van der Waals surface area contributed by atoms with Gasteiger partial charge in [-0.1, -0.05) is 57.5 Å². The van der Waals surface area contributed by atoms with Gasteiger partial charge in [-0.3, -0.25) is 9.59 Å². The van der Waals surface area contributed by atoms with Crippen molar-refractivity contribution >= 4 is 17.8 Å². The van der Waals surface area contributed by atoms with Crippen molar-refractivity contribution in [3.63, 3.8) is 0 Å².